The van der Waals surface area contributed by atoms with E-state index in [4.69, 9.17) is 0 Å². The summed E-state index contributed by atoms with van der Waals surface area (Å²) < 4.78 is 1.97. The lowest BCUT2D eigenvalue weighted by Gasteiger charge is -2.19. The fourth-order valence-electron chi connectivity index (χ4n) is 1.99. The van der Waals surface area contributed by atoms with Crippen molar-refractivity contribution in [2.45, 2.75) is 19.0 Å². The summed E-state index contributed by atoms with van der Waals surface area (Å²) in [5.74, 6) is 0. The van der Waals surface area contributed by atoms with E-state index >= 15 is 0 Å². The smallest absolute Gasteiger partial charge is 0.0992 e. The zero-order valence-corrected chi connectivity index (χ0v) is 8.46. The predicted octanol–water partition coefficient (Wildman–Crippen LogP) is 1.05. The van der Waals surface area contributed by atoms with E-state index in [9.17, 15) is 0 Å². The molecule has 4 nitrogen and oxygen atoms in total. The molecule has 0 saturated carbocycles. The molecule has 2 atom stereocenters. The second-order valence-corrected chi connectivity index (χ2v) is 3.85. The van der Waals surface area contributed by atoms with Crippen LogP contribution in [0.2, 0.25) is 0 Å². The van der Waals surface area contributed by atoms with Crippen LogP contribution in [0.4, 0.5) is 0 Å². The summed E-state index contributed by atoms with van der Waals surface area (Å²) in [5.41, 5.74) is 2.27. The topological polar surface area (TPSA) is 42.2 Å². The van der Waals surface area contributed by atoms with E-state index in [-0.39, 0.29) is 6.04 Å². The van der Waals surface area contributed by atoms with Crippen molar-refractivity contribution in [2.24, 2.45) is 4.99 Å². The quantitative estimate of drug-likeness (QED) is 0.736. The third-order valence-electron chi connectivity index (χ3n) is 2.71. The Morgan fingerprint density at radius 1 is 1.40 bits per heavy atom. The third-order valence-corrected chi connectivity index (χ3v) is 2.71. The summed E-state index contributed by atoms with van der Waals surface area (Å²) in [6.45, 7) is 2.07. The lowest BCUT2D eigenvalue weighted by Crippen LogP contribution is -2.31. The van der Waals surface area contributed by atoms with Gasteiger partial charge in [-0.05, 0) is 19.1 Å². The number of nitrogens with zero attached hydrogens (tertiary/aromatic N) is 3. The first-order valence-corrected chi connectivity index (χ1v) is 5.01. The molecule has 1 aromatic rings. The van der Waals surface area contributed by atoms with Crippen LogP contribution in [0.3, 0.4) is 0 Å². The van der Waals surface area contributed by atoms with Crippen molar-refractivity contribution >= 4 is 11.9 Å². The van der Waals surface area contributed by atoms with Crippen molar-refractivity contribution in [1.82, 2.24) is 14.9 Å². The van der Waals surface area contributed by atoms with Crippen LogP contribution in [-0.2, 0) is 0 Å². The molecule has 4 heteroatoms. The molecule has 2 aliphatic rings. The van der Waals surface area contributed by atoms with Crippen LogP contribution in [-0.4, -0.2) is 27.8 Å². The van der Waals surface area contributed by atoms with Gasteiger partial charge in [0.2, 0.25) is 0 Å². The van der Waals surface area contributed by atoms with E-state index in [0.717, 1.165) is 5.70 Å². The van der Waals surface area contributed by atoms with Gasteiger partial charge in [-0.2, -0.15) is 0 Å². The number of dihydropyridines is 1. The van der Waals surface area contributed by atoms with Gasteiger partial charge >= 0.3 is 0 Å². The van der Waals surface area contributed by atoms with Crippen LogP contribution in [0.15, 0.2) is 41.6 Å². The van der Waals surface area contributed by atoms with Gasteiger partial charge in [0.25, 0.3) is 0 Å². The van der Waals surface area contributed by atoms with Gasteiger partial charge in [-0.25, -0.2) is 4.98 Å². The minimum Gasteiger partial charge on any atom is -0.380 e. The molecule has 0 aromatic carbocycles. The van der Waals surface area contributed by atoms with Gasteiger partial charge in [-0.1, -0.05) is 0 Å². The molecule has 1 aromatic heterocycles. The van der Waals surface area contributed by atoms with Gasteiger partial charge in [0.1, 0.15) is 0 Å². The second kappa shape index (κ2) is 3.08. The van der Waals surface area contributed by atoms with Crippen LogP contribution < -0.4 is 5.32 Å². The molecule has 1 N–H and O–H groups in total. The predicted molar refractivity (Wildman–Crippen MR) is 59.5 cm³/mol. The fraction of sp³-hybridized carbons (Fsp3) is 0.273. The van der Waals surface area contributed by atoms with Crippen LogP contribution in [0.1, 0.15) is 6.92 Å². The molecular formula is C11H12N4. The Morgan fingerprint density at radius 2 is 2.33 bits per heavy atom. The normalized spacial score (nSPS) is 28.1. The molecule has 0 radical (unpaired) electrons. The second-order valence-electron chi connectivity index (χ2n) is 3.85. The van der Waals surface area contributed by atoms with Crippen molar-refractivity contribution in [2.75, 3.05) is 0 Å². The van der Waals surface area contributed by atoms with Crippen molar-refractivity contribution in [1.29, 1.82) is 0 Å². The van der Waals surface area contributed by atoms with Gasteiger partial charge in [0, 0.05) is 24.3 Å². The van der Waals surface area contributed by atoms with Crippen LogP contribution in [0.5, 0.6) is 0 Å². The molecule has 0 fully saturated rings. The molecular weight excluding hydrogens is 188 g/mol. The van der Waals surface area contributed by atoms with E-state index in [1.54, 1.807) is 12.5 Å². The Hall–Kier alpha value is -1.84. The number of aromatic nitrogens is 2. The van der Waals surface area contributed by atoms with Crippen LogP contribution in [0.25, 0.3) is 5.70 Å². The lowest BCUT2D eigenvalue weighted by atomic mass is 10.1. The molecule has 2 aliphatic heterocycles. The number of aliphatic imine (C=N–C) groups is 1. The molecule has 0 saturated heterocycles. The lowest BCUT2D eigenvalue weighted by molar-refractivity contribution is 0.654. The average Bonchev–Trinajstić information content (AvgIpc) is 2.82. The summed E-state index contributed by atoms with van der Waals surface area (Å²) in [5, 5.41) is 3.38. The van der Waals surface area contributed by atoms with Crippen molar-refractivity contribution in [3.05, 3.63) is 36.6 Å². The van der Waals surface area contributed by atoms with Gasteiger partial charge in [-0.15, -0.1) is 0 Å². The Labute approximate surface area is 88.0 Å². The van der Waals surface area contributed by atoms with Crippen molar-refractivity contribution < 1.29 is 0 Å². The van der Waals surface area contributed by atoms with Gasteiger partial charge < -0.3 is 9.88 Å². The highest BCUT2D eigenvalue weighted by Gasteiger charge is 2.25. The highest BCUT2D eigenvalue weighted by molar-refractivity contribution is 6.03. The minimum atomic E-state index is 0.261. The average molecular weight is 200 g/mol. The van der Waals surface area contributed by atoms with E-state index in [1.807, 2.05) is 17.0 Å². The Bertz CT molecular complexity index is 453. The summed E-state index contributed by atoms with van der Waals surface area (Å²) in [4.78, 5) is 8.52. The Morgan fingerprint density at radius 3 is 3.13 bits per heavy atom. The largest absolute Gasteiger partial charge is 0.380 e. The first-order valence-electron chi connectivity index (χ1n) is 5.01. The van der Waals surface area contributed by atoms with Crippen LogP contribution in [0, 0.1) is 0 Å². The fourth-order valence-corrected chi connectivity index (χ4v) is 1.99. The zero-order valence-electron chi connectivity index (χ0n) is 8.46. The summed E-state index contributed by atoms with van der Waals surface area (Å²) >= 11 is 0. The van der Waals surface area contributed by atoms with Gasteiger partial charge in [0.15, 0.2) is 0 Å². The molecule has 2 unspecified atom stereocenters. The number of nitrogens with one attached hydrogen (secondary N) is 1. The number of imidazole rings is 1. The van der Waals surface area contributed by atoms with Crippen molar-refractivity contribution in [3.63, 3.8) is 0 Å². The minimum absolute atomic E-state index is 0.261. The van der Waals surface area contributed by atoms with Gasteiger partial charge in [-0.3, -0.25) is 4.99 Å². The number of hydrogen-bond donors (Lipinski definition) is 1. The number of hydrogen-bond acceptors (Lipinski definition) is 3. The molecule has 76 valence electrons. The molecule has 0 bridgehead atoms. The van der Waals surface area contributed by atoms with Gasteiger partial charge in [0.05, 0.1) is 24.1 Å². The highest BCUT2D eigenvalue weighted by Crippen LogP contribution is 2.20. The van der Waals surface area contributed by atoms with E-state index in [1.165, 1.54) is 5.70 Å². The monoisotopic (exact) mass is 200 g/mol. The first-order chi connectivity index (χ1) is 7.33. The maximum absolute atomic E-state index is 4.50. The SMILES string of the molecule is CC1=CC2N=CC(n3ccnc3)=CC2N1. The summed E-state index contributed by atoms with van der Waals surface area (Å²) in [6, 6.07) is 0.560. The maximum atomic E-state index is 4.50. The molecule has 0 aliphatic carbocycles. The zero-order chi connectivity index (χ0) is 10.3. The van der Waals surface area contributed by atoms with E-state index in [2.05, 4.69) is 34.4 Å². The van der Waals surface area contributed by atoms with Crippen molar-refractivity contribution in [3.8, 4) is 0 Å². The molecule has 15 heavy (non-hydrogen) atoms. The molecule has 0 amide bonds. The maximum Gasteiger partial charge on any atom is 0.0992 e. The number of fused-ring (bicyclic) bond motifs is 1. The Kier molecular flexibility index (Phi) is 1.74. The molecule has 3 rings (SSSR count). The summed E-state index contributed by atoms with van der Waals surface area (Å²) in [7, 11) is 0. The highest BCUT2D eigenvalue weighted by atomic mass is 15.1. The van der Waals surface area contributed by atoms with Crippen LogP contribution >= 0.6 is 0 Å². The van der Waals surface area contributed by atoms with E-state index in [0.29, 0.717) is 6.04 Å². The number of rotatable bonds is 1. The first kappa shape index (κ1) is 8.47. The molecule has 0 spiro atoms. The van der Waals surface area contributed by atoms with E-state index < -0.39 is 0 Å². The standard InChI is InChI=1S/C11H12N4/c1-8-4-10-11(14-8)5-9(6-13-10)15-3-2-12-7-15/h2-7,10-11,14H,1H3. The molecule has 3 heterocycles. The number of allylic oxidation sites excluding steroid dienone is 2. The summed E-state index contributed by atoms with van der Waals surface area (Å²) in [6.07, 6.45) is 11.7. The third kappa shape index (κ3) is 1.38. The Balaban J connectivity index is 1.91.